The number of benzene rings is 2. The van der Waals surface area contributed by atoms with Gasteiger partial charge in [0, 0.05) is 5.56 Å². The maximum absolute atomic E-state index is 14.0. The van der Waals surface area contributed by atoms with Crippen molar-refractivity contribution in [3.63, 3.8) is 0 Å². The Balaban J connectivity index is 2.18. The molecule has 0 aromatic heterocycles. The van der Waals surface area contributed by atoms with E-state index in [4.69, 9.17) is 9.47 Å². The topological polar surface area (TPSA) is 35.5 Å². The number of ether oxygens (including phenoxy) is 2. The van der Waals surface area contributed by atoms with Crippen molar-refractivity contribution in [1.29, 1.82) is 0 Å². The lowest BCUT2D eigenvalue weighted by atomic mass is 10.1. The average molecular weight is 378 g/mol. The molecule has 0 N–H and O–H groups in total. The first-order chi connectivity index (χ1) is 12.1. The smallest absolute Gasteiger partial charge is 0.458 e. The Hall–Kier alpha value is -2.71. The van der Waals surface area contributed by atoms with Crippen LogP contribution in [0.3, 0.4) is 0 Å². The van der Waals surface area contributed by atoms with Gasteiger partial charge in [-0.2, -0.15) is 22.0 Å². The van der Waals surface area contributed by atoms with Crippen molar-refractivity contribution >= 4 is 5.97 Å². The number of rotatable bonds is 5. The summed E-state index contributed by atoms with van der Waals surface area (Å²) >= 11 is 0. The summed E-state index contributed by atoms with van der Waals surface area (Å²) in [6, 6.07) is 5.98. The quantitative estimate of drug-likeness (QED) is 0.513. The maximum Gasteiger partial charge on any atom is 0.458 e. The van der Waals surface area contributed by atoms with E-state index in [2.05, 4.69) is 0 Å². The largest absolute Gasteiger partial charge is 0.462 e. The zero-order chi connectivity index (χ0) is 19.5. The van der Waals surface area contributed by atoms with Crippen molar-refractivity contribution in [2.45, 2.75) is 19.0 Å². The fourth-order valence-electron chi connectivity index (χ4n) is 1.95. The fourth-order valence-corrected chi connectivity index (χ4v) is 1.95. The highest BCUT2D eigenvalue weighted by Crippen LogP contribution is 2.44. The summed E-state index contributed by atoms with van der Waals surface area (Å²) in [5, 5.41) is 0. The van der Waals surface area contributed by atoms with Crippen LogP contribution in [0, 0.1) is 5.82 Å². The van der Waals surface area contributed by atoms with Gasteiger partial charge in [0.25, 0.3) is 0 Å². The van der Waals surface area contributed by atoms with Gasteiger partial charge in [-0.15, -0.1) is 0 Å². The number of halogens is 6. The van der Waals surface area contributed by atoms with E-state index in [9.17, 15) is 31.1 Å². The van der Waals surface area contributed by atoms with Crippen molar-refractivity contribution in [3.05, 3.63) is 59.4 Å². The van der Waals surface area contributed by atoms with E-state index in [0.29, 0.717) is 12.1 Å². The number of hydrogen-bond donors (Lipinski definition) is 0. The summed E-state index contributed by atoms with van der Waals surface area (Å²) in [7, 11) is 0. The van der Waals surface area contributed by atoms with Crippen molar-refractivity contribution < 1.29 is 40.6 Å². The highest BCUT2D eigenvalue weighted by atomic mass is 19.4. The van der Waals surface area contributed by atoms with E-state index in [1.807, 2.05) is 0 Å². The third kappa shape index (κ3) is 4.09. The van der Waals surface area contributed by atoms with Gasteiger partial charge < -0.3 is 9.47 Å². The molecule has 0 spiro atoms. The third-order valence-corrected chi connectivity index (χ3v) is 3.24. The zero-order valence-electron chi connectivity index (χ0n) is 13.2. The second kappa shape index (κ2) is 7.27. The van der Waals surface area contributed by atoms with E-state index in [-0.39, 0.29) is 23.7 Å². The predicted octanol–water partition coefficient (Wildman–Crippen LogP) is 5.45. The molecule has 0 saturated carbocycles. The molecule has 0 fully saturated rings. The molecule has 0 heterocycles. The Bertz CT molecular complexity index is 784. The molecule has 9 heteroatoms. The summed E-state index contributed by atoms with van der Waals surface area (Å²) in [6.07, 6.45) is -5.73. The van der Waals surface area contributed by atoms with E-state index in [1.165, 1.54) is 6.07 Å². The molecule has 0 aliphatic carbocycles. The lowest BCUT2D eigenvalue weighted by Gasteiger charge is -2.20. The second-order valence-electron chi connectivity index (χ2n) is 5.06. The average Bonchev–Trinajstić information content (AvgIpc) is 2.56. The molecular weight excluding hydrogens is 366 g/mol. The molecule has 3 nitrogen and oxygen atoms in total. The van der Waals surface area contributed by atoms with Crippen LogP contribution in [0.5, 0.6) is 11.5 Å². The minimum absolute atomic E-state index is 0.0585. The molecule has 0 radical (unpaired) electrons. The van der Waals surface area contributed by atoms with Crippen molar-refractivity contribution in [2.75, 3.05) is 6.61 Å². The molecule has 2 aromatic rings. The molecule has 0 bridgehead atoms. The van der Waals surface area contributed by atoms with Crippen LogP contribution in [-0.4, -0.2) is 18.8 Å². The van der Waals surface area contributed by atoms with Crippen molar-refractivity contribution in [1.82, 2.24) is 0 Å². The van der Waals surface area contributed by atoms with Crippen LogP contribution in [0.1, 0.15) is 22.8 Å². The highest BCUT2D eigenvalue weighted by molar-refractivity contribution is 5.89. The van der Waals surface area contributed by atoms with Gasteiger partial charge in [0.2, 0.25) is 0 Å². The lowest BCUT2D eigenvalue weighted by Crippen LogP contribution is -2.33. The van der Waals surface area contributed by atoms with Crippen LogP contribution in [-0.2, 0) is 10.7 Å². The second-order valence-corrected chi connectivity index (χ2v) is 5.06. The first-order valence-corrected chi connectivity index (χ1v) is 7.26. The number of hydrogen-bond acceptors (Lipinski definition) is 3. The van der Waals surface area contributed by atoms with Gasteiger partial charge in [0.1, 0.15) is 5.75 Å². The highest BCUT2D eigenvalue weighted by Gasteiger charge is 2.58. The molecule has 2 aromatic carbocycles. The van der Waals surface area contributed by atoms with Gasteiger partial charge >= 0.3 is 18.1 Å². The van der Waals surface area contributed by atoms with Gasteiger partial charge in [-0.05, 0) is 49.4 Å². The minimum Gasteiger partial charge on any atom is -0.462 e. The number of alkyl halides is 5. The summed E-state index contributed by atoms with van der Waals surface area (Å²) in [6.45, 7) is 1.69. The summed E-state index contributed by atoms with van der Waals surface area (Å²) in [5.41, 5.74) is -1.33. The number of esters is 1. The Morgan fingerprint density at radius 2 is 1.62 bits per heavy atom. The van der Waals surface area contributed by atoms with Crippen LogP contribution in [0.4, 0.5) is 26.3 Å². The number of carbonyl (C=O) groups excluding carboxylic acids is 1. The standard InChI is InChI=1S/C17H12F6O3/c1-2-25-15(24)10-3-8-14(13(18)9-10)26-12-6-4-11(5-7-12)16(19,20)17(21,22)23/h3-9H,2H2,1H3. The molecule has 140 valence electrons. The third-order valence-electron chi connectivity index (χ3n) is 3.24. The van der Waals surface area contributed by atoms with Gasteiger partial charge in [-0.1, -0.05) is 0 Å². The van der Waals surface area contributed by atoms with Crippen molar-refractivity contribution in [2.24, 2.45) is 0 Å². The van der Waals surface area contributed by atoms with Crippen LogP contribution >= 0.6 is 0 Å². The maximum atomic E-state index is 14.0. The predicted molar refractivity (Wildman–Crippen MR) is 78.8 cm³/mol. The van der Waals surface area contributed by atoms with E-state index in [1.54, 1.807) is 6.92 Å². The molecule has 0 aliphatic rings. The van der Waals surface area contributed by atoms with Crippen LogP contribution in [0.25, 0.3) is 0 Å². The molecule has 0 aliphatic heterocycles. The Morgan fingerprint density at radius 1 is 1.00 bits per heavy atom. The van der Waals surface area contributed by atoms with Crippen molar-refractivity contribution in [3.8, 4) is 11.5 Å². The first kappa shape index (κ1) is 19.6. The lowest BCUT2D eigenvalue weighted by molar-refractivity contribution is -0.289. The molecular formula is C17H12F6O3. The first-order valence-electron chi connectivity index (χ1n) is 7.26. The summed E-state index contributed by atoms with van der Waals surface area (Å²) in [4.78, 5) is 11.5. The van der Waals surface area contributed by atoms with Crippen LogP contribution in [0.2, 0.25) is 0 Å². The van der Waals surface area contributed by atoms with E-state index < -0.39 is 29.4 Å². The fraction of sp³-hybridized carbons (Fsp3) is 0.235. The SMILES string of the molecule is CCOC(=O)c1ccc(Oc2ccc(C(F)(F)C(F)(F)F)cc2)c(F)c1. The molecule has 0 atom stereocenters. The van der Waals surface area contributed by atoms with Crippen LogP contribution in [0.15, 0.2) is 42.5 Å². The summed E-state index contributed by atoms with van der Waals surface area (Å²) in [5.74, 6) is -7.18. The number of carbonyl (C=O) groups is 1. The van der Waals surface area contributed by atoms with Gasteiger partial charge in [0.15, 0.2) is 11.6 Å². The van der Waals surface area contributed by atoms with Gasteiger partial charge in [-0.25, -0.2) is 9.18 Å². The minimum atomic E-state index is -5.73. The zero-order valence-corrected chi connectivity index (χ0v) is 13.2. The Labute approximate surface area is 144 Å². The molecule has 0 amide bonds. The molecule has 0 unspecified atom stereocenters. The van der Waals surface area contributed by atoms with Gasteiger partial charge in [0.05, 0.1) is 12.2 Å². The normalized spacial score (nSPS) is 12.0. The monoisotopic (exact) mass is 378 g/mol. The molecule has 0 saturated heterocycles. The van der Waals surface area contributed by atoms with Gasteiger partial charge in [-0.3, -0.25) is 0 Å². The van der Waals surface area contributed by atoms with Crippen LogP contribution < -0.4 is 4.74 Å². The Kier molecular flexibility index (Phi) is 5.48. The summed E-state index contributed by atoms with van der Waals surface area (Å²) < 4.78 is 87.1. The van der Waals surface area contributed by atoms with E-state index >= 15 is 0 Å². The molecule has 2 rings (SSSR count). The Morgan fingerprint density at radius 3 is 2.12 bits per heavy atom. The molecule has 26 heavy (non-hydrogen) atoms. The van der Waals surface area contributed by atoms with E-state index in [0.717, 1.165) is 24.3 Å².